The van der Waals surface area contributed by atoms with Gasteiger partial charge in [0.05, 0.1) is 0 Å². The molecule has 0 amide bonds. The van der Waals surface area contributed by atoms with Gasteiger partial charge >= 0.3 is 0 Å². The highest BCUT2D eigenvalue weighted by molar-refractivity contribution is 6.27. The van der Waals surface area contributed by atoms with E-state index in [4.69, 9.17) is 0 Å². The van der Waals surface area contributed by atoms with Crippen LogP contribution in [0.1, 0.15) is 29.8 Å². The first-order chi connectivity index (χ1) is 11.3. The van der Waals surface area contributed by atoms with Crippen molar-refractivity contribution >= 4 is 22.2 Å². The van der Waals surface area contributed by atoms with Gasteiger partial charge in [-0.3, -0.25) is 4.79 Å². The van der Waals surface area contributed by atoms with Crippen molar-refractivity contribution in [2.24, 2.45) is 0 Å². The summed E-state index contributed by atoms with van der Waals surface area (Å²) < 4.78 is 0. The van der Waals surface area contributed by atoms with Crippen LogP contribution in [-0.2, 0) is 0 Å². The maximum atomic E-state index is 12.9. The van der Waals surface area contributed by atoms with Crippen molar-refractivity contribution in [1.82, 2.24) is 0 Å². The van der Waals surface area contributed by atoms with E-state index in [1.807, 2.05) is 30.3 Å². The summed E-state index contributed by atoms with van der Waals surface area (Å²) in [6.45, 7) is 6.25. The van der Waals surface area contributed by atoms with Crippen LogP contribution >= 0.6 is 0 Å². The van der Waals surface area contributed by atoms with Crippen molar-refractivity contribution in [2.45, 2.75) is 13.8 Å². The van der Waals surface area contributed by atoms with Crippen LogP contribution in [0.2, 0.25) is 0 Å². The number of fused-ring (bicyclic) bond motifs is 2. The van der Waals surface area contributed by atoms with Crippen LogP contribution in [0.5, 0.6) is 0 Å². The van der Waals surface area contributed by atoms with E-state index in [0.717, 1.165) is 35.2 Å². The Hall–Kier alpha value is -2.61. The molecule has 2 heteroatoms. The first kappa shape index (κ1) is 14.0. The second-order valence-corrected chi connectivity index (χ2v) is 5.91. The predicted octanol–water partition coefficient (Wildman–Crippen LogP) is 4.90. The SMILES string of the molecule is CCN(CC)c1ccc2c3c(cccc13)C(=O)c1ccccc1-2. The summed E-state index contributed by atoms with van der Waals surface area (Å²) in [5.74, 6) is 0.135. The fourth-order valence-corrected chi connectivity index (χ4v) is 3.71. The number of carbonyl (C=O) groups excluding carboxylic acids is 1. The smallest absolute Gasteiger partial charge is 0.194 e. The largest absolute Gasteiger partial charge is 0.372 e. The minimum absolute atomic E-state index is 0.135. The van der Waals surface area contributed by atoms with E-state index in [2.05, 4.69) is 43.0 Å². The van der Waals surface area contributed by atoms with Gasteiger partial charge in [-0.1, -0.05) is 48.5 Å². The summed E-state index contributed by atoms with van der Waals surface area (Å²) in [6, 6.07) is 18.4. The van der Waals surface area contributed by atoms with Gasteiger partial charge in [0.2, 0.25) is 0 Å². The van der Waals surface area contributed by atoms with E-state index in [-0.39, 0.29) is 5.78 Å². The van der Waals surface area contributed by atoms with Crippen LogP contribution in [-0.4, -0.2) is 18.9 Å². The molecule has 1 aliphatic carbocycles. The minimum Gasteiger partial charge on any atom is -0.372 e. The molecule has 0 aromatic heterocycles. The molecular formula is C21H19NO. The van der Waals surface area contributed by atoms with Crippen LogP contribution < -0.4 is 4.90 Å². The summed E-state index contributed by atoms with van der Waals surface area (Å²) in [5.41, 5.74) is 5.06. The zero-order valence-electron chi connectivity index (χ0n) is 13.5. The van der Waals surface area contributed by atoms with Gasteiger partial charge in [0.15, 0.2) is 5.78 Å². The molecule has 0 heterocycles. The van der Waals surface area contributed by atoms with Crippen LogP contribution in [0.15, 0.2) is 54.6 Å². The molecule has 3 aromatic rings. The Morgan fingerprint density at radius 3 is 2.17 bits per heavy atom. The van der Waals surface area contributed by atoms with Crippen molar-refractivity contribution in [3.05, 3.63) is 65.7 Å². The standard InChI is InChI=1S/C21H19NO/c1-3-22(4-2)19-13-12-15-14-8-5-6-9-16(14)21(23)18-11-7-10-17(19)20(15)18/h5-13H,3-4H2,1-2H3. The maximum Gasteiger partial charge on any atom is 0.194 e. The first-order valence-electron chi connectivity index (χ1n) is 8.21. The average molecular weight is 301 g/mol. The molecule has 3 aromatic carbocycles. The van der Waals surface area contributed by atoms with Crippen LogP contribution in [0.3, 0.4) is 0 Å². The number of nitrogens with zero attached hydrogens (tertiary/aromatic N) is 1. The zero-order valence-corrected chi connectivity index (χ0v) is 13.5. The van der Waals surface area contributed by atoms with E-state index in [1.54, 1.807) is 0 Å². The Balaban J connectivity index is 2.11. The van der Waals surface area contributed by atoms with Gasteiger partial charge in [0, 0.05) is 40.7 Å². The third-order valence-electron chi connectivity index (χ3n) is 4.83. The van der Waals surface area contributed by atoms with E-state index in [1.165, 1.54) is 16.6 Å². The van der Waals surface area contributed by atoms with Crippen molar-refractivity contribution in [1.29, 1.82) is 0 Å². The molecule has 1 aliphatic rings. The molecule has 0 unspecified atom stereocenters. The van der Waals surface area contributed by atoms with E-state index in [0.29, 0.717) is 0 Å². The summed E-state index contributed by atoms with van der Waals surface area (Å²) >= 11 is 0. The second kappa shape index (κ2) is 5.24. The molecule has 4 rings (SSSR count). The van der Waals surface area contributed by atoms with Crippen LogP contribution in [0, 0.1) is 0 Å². The van der Waals surface area contributed by atoms with Crippen molar-refractivity contribution in [3.8, 4) is 11.1 Å². The molecule has 23 heavy (non-hydrogen) atoms. The molecule has 2 nitrogen and oxygen atoms in total. The second-order valence-electron chi connectivity index (χ2n) is 5.91. The molecule has 0 N–H and O–H groups in total. The Morgan fingerprint density at radius 1 is 0.739 bits per heavy atom. The summed E-state index contributed by atoms with van der Waals surface area (Å²) in [5, 5.41) is 2.27. The summed E-state index contributed by atoms with van der Waals surface area (Å²) in [7, 11) is 0. The molecule has 114 valence electrons. The van der Waals surface area contributed by atoms with Crippen molar-refractivity contribution < 1.29 is 4.79 Å². The Morgan fingerprint density at radius 2 is 1.43 bits per heavy atom. The van der Waals surface area contributed by atoms with Crippen LogP contribution in [0.4, 0.5) is 5.69 Å². The fourth-order valence-electron chi connectivity index (χ4n) is 3.71. The minimum atomic E-state index is 0.135. The molecule has 0 fully saturated rings. The molecule has 0 bridgehead atoms. The Bertz CT molecular complexity index is 922. The number of carbonyl (C=O) groups is 1. The normalized spacial score (nSPS) is 12.3. The van der Waals surface area contributed by atoms with E-state index < -0.39 is 0 Å². The lowest BCUT2D eigenvalue weighted by molar-refractivity contribution is 0.104. The molecule has 0 saturated heterocycles. The Kier molecular flexibility index (Phi) is 3.19. The highest BCUT2D eigenvalue weighted by Crippen LogP contribution is 2.42. The lowest BCUT2D eigenvalue weighted by Gasteiger charge is -2.26. The van der Waals surface area contributed by atoms with E-state index in [9.17, 15) is 4.79 Å². The highest BCUT2D eigenvalue weighted by Gasteiger charge is 2.25. The number of anilines is 1. The quantitative estimate of drug-likeness (QED) is 0.536. The maximum absolute atomic E-state index is 12.9. The number of hydrogen-bond acceptors (Lipinski definition) is 2. The molecule has 0 atom stereocenters. The lowest BCUT2D eigenvalue weighted by Crippen LogP contribution is -2.22. The van der Waals surface area contributed by atoms with Gasteiger partial charge < -0.3 is 4.90 Å². The van der Waals surface area contributed by atoms with Crippen LogP contribution in [0.25, 0.3) is 21.9 Å². The van der Waals surface area contributed by atoms with Gasteiger partial charge in [-0.2, -0.15) is 0 Å². The van der Waals surface area contributed by atoms with E-state index >= 15 is 0 Å². The highest BCUT2D eigenvalue weighted by atomic mass is 16.1. The zero-order chi connectivity index (χ0) is 16.0. The number of rotatable bonds is 3. The lowest BCUT2D eigenvalue weighted by atomic mass is 9.82. The predicted molar refractivity (Wildman–Crippen MR) is 96.4 cm³/mol. The molecule has 0 spiro atoms. The third kappa shape index (κ3) is 1.91. The first-order valence-corrected chi connectivity index (χ1v) is 8.21. The third-order valence-corrected chi connectivity index (χ3v) is 4.83. The Labute approximate surface area is 136 Å². The summed E-state index contributed by atoms with van der Waals surface area (Å²) in [6.07, 6.45) is 0. The van der Waals surface area contributed by atoms with Gasteiger partial charge in [0.25, 0.3) is 0 Å². The van der Waals surface area contributed by atoms with Gasteiger partial charge in [-0.25, -0.2) is 0 Å². The summed E-state index contributed by atoms with van der Waals surface area (Å²) in [4.78, 5) is 15.2. The monoisotopic (exact) mass is 301 g/mol. The fraction of sp³-hybridized carbons (Fsp3) is 0.190. The molecule has 0 aliphatic heterocycles. The molecular weight excluding hydrogens is 282 g/mol. The van der Waals surface area contributed by atoms with Crippen molar-refractivity contribution in [3.63, 3.8) is 0 Å². The van der Waals surface area contributed by atoms with Gasteiger partial charge in [-0.15, -0.1) is 0 Å². The van der Waals surface area contributed by atoms with Crippen molar-refractivity contribution in [2.75, 3.05) is 18.0 Å². The van der Waals surface area contributed by atoms with Gasteiger partial charge in [0.1, 0.15) is 0 Å². The topological polar surface area (TPSA) is 20.3 Å². The number of ketones is 1. The average Bonchev–Trinajstić information content (AvgIpc) is 2.61. The van der Waals surface area contributed by atoms with Gasteiger partial charge in [-0.05, 0) is 31.0 Å². The molecule has 0 radical (unpaired) electrons. The molecule has 0 saturated carbocycles. The number of hydrogen-bond donors (Lipinski definition) is 0. The number of benzene rings is 3.